The zero-order chi connectivity index (χ0) is 13.3. The van der Waals surface area contributed by atoms with Crippen LogP contribution >= 0.6 is 0 Å². The van der Waals surface area contributed by atoms with Crippen molar-refractivity contribution >= 4 is 5.97 Å². The lowest BCUT2D eigenvalue weighted by Crippen LogP contribution is -2.05. The van der Waals surface area contributed by atoms with E-state index < -0.39 is 5.97 Å². The van der Waals surface area contributed by atoms with Crippen LogP contribution in [0.25, 0.3) is 0 Å². The fourth-order valence-electron chi connectivity index (χ4n) is 2.86. The van der Waals surface area contributed by atoms with Crippen molar-refractivity contribution in [2.45, 2.75) is 39.0 Å². The molecule has 1 aromatic rings. The van der Waals surface area contributed by atoms with E-state index in [1.165, 1.54) is 0 Å². The quantitative estimate of drug-likeness (QED) is 0.840. The second-order valence-corrected chi connectivity index (χ2v) is 5.29. The summed E-state index contributed by atoms with van der Waals surface area (Å²) in [6, 6.07) is 5.56. The van der Waals surface area contributed by atoms with Crippen LogP contribution in [-0.4, -0.2) is 16.2 Å². The molecule has 3 unspecified atom stereocenters. The average Bonchev–Trinajstić information content (AvgIpc) is 3.06. The number of carboxylic acid groups (broad SMARTS) is 1. The van der Waals surface area contributed by atoms with Gasteiger partial charge in [-0.1, -0.05) is 19.1 Å². The maximum Gasteiger partial charge on any atom is 0.306 e. The highest BCUT2D eigenvalue weighted by Crippen LogP contribution is 2.47. The Morgan fingerprint density at radius 2 is 2.22 bits per heavy atom. The number of benzene rings is 1. The first-order valence-electron chi connectivity index (χ1n) is 6.55. The molecule has 1 fully saturated rings. The van der Waals surface area contributed by atoms with Crippen molar-refractivity contribution in [3.63, 3.8) is 0 Å². The van der Waals surface area contributed by atoms with E-state index >= 15 is 0 Å². The van der Waals surface area contributed by atoms with E-state index in [9.17, 15) is 9.90 Å². The smallest absolute Gasteiger partial charge is 0.306 e. The van der Waals surface area contributed by atoms with E-state index in [0.29, 0.717) is 5.75 Å². The van der Waals surface area contributed by atoms with Gasteiger partial charge in [0.05, 0.1) is 5.92 Å². The normalized spacial score (nSPS) is 23.7. The van der Waals surface area contributed by atoms with Gasteiger partial charge in [-0.15, -0.1) is 0 Å². The van der Waals surface area contributed by atoms with Crippen molar-refractivity contribution in [2.24, 2.45) is 11.8 Å². The summed E-state index contributed by atoms with van der Waals surface area (Å²) in [5.74, 6) is 0.0513. The van der Waals surface area contributed by atoms with Gasteiger partial charge in [-0.3, -0.25) is 4.79 Å². The van der Waals surface area contributed by atoms with Crippen molar-refractivity contribution < 1.29 is 15.0 Å². The van der Waals surface area contributed by atoms with Crippen LogP contribution in [0.2, 0.25) is 0 Å². The average molecular weight is 248 g/mol. The molecular weight excluding hydrogens is 228 g/mol. The van der Waals surface area contributed by atoms with Crippen LogP contribution in [0.5, 0.6) is 5.75 Å². The lowest BCUT2D eigenvalue weighted by molar-refractivity contribution is -0.138. The van der Waals surface area contributed by atoms with Crippen LogP contribution < -0.4 is 0 Å². The van der Waals surface area contributed by atoms with Gasteiger partial charge >= 0.3 is 5.97 Å². The molecule has 1 aromatic carbocycles. The molecular formula is C15H20O3. The third-order valence-electron chi connectivity index (χ3n) is 4.03. The molecule has 3 nitrogen and oxygen atoms in total. The number of aromatic hydroxyl groups is 1. The highest BCUT2D eigenvalue weighted by molar-refractivity contribution is 5.73. The SMILES string of the molecule is CCC(CC1CC1C(=O)O)c1c(C)cccc1O. The van der Waals surface area contributed by atoms with Crippen LogP contribution in [0, 0.1) is 18.8 Å². The summed E-state index contributed by atoms with van der Waals surface area (Å²) in [7, 11) is 0. The van der Waals surface area contributed by atoms with Gasteiger partial charge in [0.2, 0.25) is 0 Å². The highest BCUT2D eigenvalue weighted by Gasteiger charge is 2.44. The fraction of sp³-hybridized carbons (Fsp3) is 0.533. The first-order chi connectivity index (χ1) is 8.54. The molecule has 0 bridgehead atoms. The number of rotatable bonds is 5. The molecule has 2 N–H and O–H groups in total. The molecule has 0 spiro atoms. The van der Waals surface area contributed by atoms with Crippen molar-refractivity contribution in [2.75, 3.05) is 0 Å². The molecule has 0 aromatic heterocycles. The van der Waals surface area contributed by atoms with Gasteiger partial charge in [-0.25, -0.2) is 0 Å². The topological polar surface area (TPSA) is 57.5 Å². The van der Waals surface area contributed by atoms with E-state index in [0.717, 1.165) is 30.4 Å². The summed E-state index contributed by atoms with van der Waals surface area (Å²) < 4.78 is 0. The second kappa shape index (κ2) is 5.01. The van der Waals surface area contributed by atoms with Gasteiger partial charge < -0.3 is 10.2 Å². The van der Waals surface area contributed by atoms with Crippen LogP contribution in [0.1, 0.15) is 43.2 Å². The zero-order valence-electron chi connectivity index (χ0n) is 10.9. The second-order valence-electron chi connectivity index (χ2n) is 5.29. The maximum absolute atomic E-state index is 10.9. The monoisotopic (exact) mass is 248 g/mol. The molecule has 0 radical (unpaired) electrons. The third-order valence-corrected chi connectivity index (χ3v) is 4.03. The summed E-state index contributed by atoms with van der Waals surface area (Å²) in [6.45, 7) is 4.09. The van der Waals surface area contributed by atoms with Crippen molar-refractivity contribution in [1.29, 1.82) is 0 Å². The van der Waals surface area contributed by atoms with Crippen LogP contribution in [0.4, 0.5) is 0 Å². The molecule has 0 amide bonds. The summed E-state index contributed by atoms with van der Waals surface area (Å²) in [5.41, 5.74) is 2.09. The maximum atomic E-state index is 10.9. The van der Waals surface area contributed by atoms with E-state index in [1.807, 2.05) is 19.1 Å². The van der Waals surface area contributed by atoms with Gasteiger partial charge in [0.1, 0.15) is 5.75 Å². The molecule has 0 heterocycles. The van der Waals surface area contributed by atoms with Crippen LogP contribution in [0.15, 0.2) is 18.2 Å². The van der Waals surface area contributed by atoms with E-state index in [4.69, 9.17) is 5.11 Å². The first-order valence-corrected chi connectivity index (χ1v) is 6.55. The molecule has 0 saturated heterocycles. The predicted octanol–water partition coefficient (Wildman–Crippen LogP) is 3.31. The minimum absolute atomic E-state index is 0.162. The number of carbonyl (C=O) groups is 1. The van der Waals surface area contributed by atoms with E-state index in [-0.39, 0.29) is 17.8 Å². The Kier molecular flexibility index (Phi) is 3.60. The number of hydrogen-bond donors (Lipinski definition) is 2. The lowest BCUT2D eigenvalue weighted by atomic mass is 9.87. The molecule has 1 saturated carbocycles. The standard InChI is InChI=1S/C15H20O3/c1-3-10(7-11-8-12(11)15(17)18)14-9(2)5-4-6-13(14)16/h4-6,10-12,16H,3,7-8H2,1-2H3,(H,17,18). The lowest BCUT2D eigenvalue weighted by Gasteiger charge is -2.19. The molecule has 0 aliphatic heterocycles. The van der Waals surface area contributed by atoms with Crippen LogP contribution in [-0.2, 0) is 4.79 Å². The number of hydrogen-bond acceptors (Lipinski definition) is 2. The van der Waals surface area contributed by atoms with Gasteiger partial charge in [0.25, 0.3) is 0 Å². The van der Waals surface area contributed by atoms with Crippen molar-refractivity contribution in [1.82, 2.24) is 0 Å². The third kappa shape index (κ3) is 2.50. The Morgan fingerprint density at radius 3 is 2.72 bits per heavy atom. The Hall–Kier alpha value is -1.51. The minimum Gasteiger partial charge on any atom is -0.508 e. The van der Waals surface area contributed by atoms with Crippen molar-refractivity contribution in [3.05, 3.63) is 29.3 Å². The first kappa shape index (κ1) is 12.9. The zero-order valence-corrected chi connectivity index (χ0v) is 10.9. The Balaban J connectivity index is 2.12. The Labute approximate surface area is 107 Å². The Bertz CT molecular complexity index is 433. The molecule has 3 atom stereocenters. The van der Waals surface area contributed by atoms with Gasteiger partial charge in [0, 0.05) is 0 Å². The predicted molar refractivity (Wildman–Crippen MR) is 69.7 cm³/mol. The van der Waals surface area contributed by atoms with Gasteiger partial charge in [0.15, 0.2) is 0 Å². The van der Waals surface area contributed by atoms with Crippen molar-refractivity contribution in [3.8, 4) is 5.75 Å². The molecule has 3 heteroatoms. The number of carboxylic acids is 1. The number of aryl methyl sites for hydroxylation is 1. The van der Waals surface area contributed by atoms with E-state index in [1.54, 1.807) is 6.07 Å². The number of phenols is 1. The highest BCUT2D eigenvalue weighted by atomic mass is 16.4. The minimum atomic E-state index is -0.677. The molecule has 1 aliphatic rings. The molecule has 1 aliphatic carbocycles. The summed E-state index contributed by atoms with van der Waals surface area (Å²) in [6.07, 6.45) is 2.59. The number of aliphatic carboxylic acids is 1. The fourth-order valence-corrected chi connectivity index (χ4v) is 2.86. The molecule has 18 heavy (non-hydrogen) atoms. The van der Waals surface area contributed by atoms with E-state index in [2.05, 4.69) is 6.92 Å². The van der Waals surface area contributed by atoms with Crippen LogP contribution in [0.3, 0.4) is 0 Å². The largest absolute Gasteiger partial charge is 0.508 e. The summed E-state index contributed by atoms with van der Waals surface area (Å²) in [4.78, 5) is 10.9. The van der Waals surface area contributed by atoms with Gasteiger partial charge in [-0.05, 0) is 55.2 Å². The summed E-state index contributed by atoms with van der Waals surface area (Å²) >= 11 is 0. The molecule has 98 valence electrons. The Morgan fingerprint density at radius 1 is 1.50 bits per heavy atom. The van der Waals surface area contributed by atoms with Gasteiger partial charge in [-0.2, -0.15) is 0 Å². The molecule has 2 rings (SSSR count). The summed E-state index contributed by atoms with van der Waals surface area (Å²) in [5, 5.41) is 18.9. The number of phenolic OH excluding ortho intramolecular Hbond substituents is 1.